The summed E-state index contributed by atoms with van der Waals surface area (Å²) in [7, 11) is -1.90. The summed E-state index contributed by atoms with van der Waals surface area (Å²) < 4.78 is 29.1. The van der Waals surface area contributed by atoms with Gasteiger partial charge in [-0.15, -0.1) is 0 Å². The van der Waals surface area contributed by atoms with E-state index in [2.05, 4.69) is 10.3 Å². The van der Waals surface area contributed by atoms with Crippen molar-refractivity contribution in [3.05, 3.63) is 24.4 Å². The van der Waals surface area contributed by atoms with Gasteiger partial charge in [-0.25, -0.2) is 13.4 Å². The third kappa shape index (κ3) is 2.30. The molecule has 1 fully saturated rings. The Morgan fingerprint density at radius 2 is 2.19 bits per heavy atom. The van der Waals surface area contributed by atoms with E-state index in [9.17, 15) is 8.42 Å². The number of fused-ring (bicyclic) bond motifs is 1. The first-order valence-electron chi connectivity index (χ1n) is 7.24. The van der Waals surface area contributed by atoms with Gasteiger partial charge < -0.3 is 5.32 Å². The lowest BCUT2D eigenvalue weighted by molar-refractivity contribution is 0.249. The number of anilines is 1. The first kappa shape index (κ1) is 14.3. The summed E-state index contributed by atoms with van der Waals surface area (Å²) in [5.41, 5.74) is 0.633. The van der Waals surface area contributed by atoms with Gasteiger partial charge in [0.2, 0.25) is 0 Å². The normalized spacial score (nSPS) is 16.3. The molecular weight excluding hydrogens is 288 g/mol. The topological polar surface area (TPSA) is 66.7 Å². The Bertz CT molecular complexity index is 749. The molecule has 0 spiro atoms. The van der Waals surface area contributed by atoms with Crippen molar-refractivity contribution in [2.45, 2.75) is 37.3 Å². The molecule has 0 unspecified atom stereocenters. The first-order valence-corrected chi connectivity index (χ1v) is 8.68. The minimum absolute atomic E-state index is 0.110. The molecule has 0 radical (unpaired) electrons. The van der Waals surface area contributed by atoms with E-state index in [0.29, 0.717) is 18.0 Å². The predicted molar refractivity (Wildman–Crippen MR) is 81.9 cm³/mol. The number of sulfonamides is 1. The lowest BCUT2D eigenvalue weighted by Gasteiger charge is -2.33. The Morgan fingerprint density at radius 3 is 2.81 bits per heavy atom. The molecule has 0 saturated heterocycles. The Balaban J connectivity index is 2.15. The van der Waals surface area contributed by atoms with E-state index in [0.717, 1.165) is 19.3 Å². The quantitative estimate of drug-likeness (QED) is 0.916. The summed E-state index contributed by atoms with van der Waals surface area (Å²) in [6.07, 6.45) is 4.70. The molecule has 0 atom stereocenters. The maximum atomic E-state index is 13.0. The average Bonchev–Trinajstić information content (AvgIpc) is 2.75. The lowest BCUT2D eigenvalue weighted by atomic mass is 9.94. The first-order chi connectivity index (χ1) is 10.1. The van der Waals surface area contributed by atoms with Gasteiger partial charge >= 0.3 is 0 Å². The molecule has 1 saturated carbocycles. The summed E-state index contributed by atoms with van der Waals surface area (Å²) in [4.78, 5) is 4.40. The summed E-state index contributed by atoms with van der Waals surface area (Å²) in [6.45, 7) is 2.55. The standard InChI is InChI=1S/C14H20N4O2S/c1-3-15-13-14(18-10-5-4-9-12(18)16-13)21(19,20)17(2)11-7-6-8-11/h4-5,9-11,15H,3,6-8H2,1-2H3. The van der Waals surface area contributed by atoms with Crippen molar-refractivity contribution in [1.82, 2.24) is 13.7 Å². The molecule has 0 aliphatic heterocycles. The molecule has 0 bridgehead atoms. The number of nitrogens with zero attached hydrogens (tertiary/aromatic N) is 3. The summed E-state index contributed by atoms with van der Waals surface area (Å²) in [6, 6.07) is 5.58. The van der Waals surface area contributed by atoms with Gasteiger partial charge in [-0.1, -0.05) is 12.5 Å². The molecule has 3 rings (SSSR count). The number of aromatic nitrogens is 2. The van der Waals surface area contributed by atoms with Crippen LogP contribution in [0.15, 0.2) is 29.4 Å². The highest BCUT2D eigenvalue weighted by Gasteiger charge is 2.35. The van der Waals surface area contributed by atoms with Gasteiger partial charge in [0.1, 0.15) is 5.65 Å². The van der Waals surface area contributed by atoms with E-state index in [1.54, 1.807) is 17.6 Å². The van der Waals surface area contributed by atoms with E-state index in [1.165, 1.54) is 4.31 Å². The second-order valence-corrected chi connectivity index (χ2v) is 7.24. The van der Waals surface area contributed by atoms with Gasteiger partial charge in [-0.2, -0.15) is 4.31 Å². The molecule has 2 aromatic rings. The molecular formula is C14H20N4O2S. The van der Waals surface area contributed by atoms with E-state index < -0.39 is 10.0 Å². The van der Waals surface area contributed by atoms with Gasteiger partial charge in [-0.05, 0) is 31.9 Å². The van der Waals surface area contributed by atoms with Crippen molar-refractivity contribution in [1.29, 1.82) is 0 Å². The number of pyridine rings is 1. The SMILES string of the molecule is CCNc1nc2ccccn2c1S(=O)(=O)N(C)C1CCC1. The molecule has 0 amide bonds. The highest BCUT2D eigenvalue weighted by Crippen LogP contribution is 2.31. The third-order valence-corrected chi connectivity index (χ3v) is 5.98. The molecule has 0 aromatic carbocycles. The van der Waals surface area contributed by atoms with Gasteiger partial charge in [0.05, 0.1) is 0 Å². The van der Waals surface area contributed by atoms with Crippen LogP contribution in [-0.2, 0) is 10.0 Å². The number of imidazole rings is 1. The molecule has 2 heterocycles. The molecule has 1 aliphatic carbocycles. The van der Waals surface area contributed by atoms with Crippen LogP contribution in [0.4, 0.5) is 5.82 Å². The number of rotatable bonds is 5. The second kappa shape index (κ2) is 5.31. The smallest absolute Gasteiger partial charge is 0.262 e. The van der Waals surface area contributed by atoms with Crippen molar-refractivity contribution in [3.8, 4) is 0 Å². The van der Waals surface area contributed by atoms with Crippen molar-refractivity contribution < 1.29 is 8.42 Å². The van der Waals surface area contributed by atoms with Crippen molar-refractivity contribution in [2.24, 2.45) is 0 Å². The van der Waals surface area contributed by atoms with Gasteiger partial charge in [-0.3, -0.25) is 4.40 Å². The van der Waals surface area contributed by atoms with E-state index in [1.807, 2.05) is 25.1 Å². The van der Waals surface area contributed by atoms with Crippen LogP contribution >= 0.6 is 0 Å². The van der Waals surface area contributed by atoms with Crippen molar-refractivity contribution >= 4 is 21.5 Å². The fourth-order valence-electron chi connectivity index (χ4n) is 2.59. The minimum Gasteiger partial charge on any atom is -0.368 e. The lowest BCUT2D eigenvalue weighted by Crippen LogP contribution is -2.41. The summed E-state index contributed by atoms with van der Waals surface area (Å²) in [5, 5.41) is 3.29. The maximum absolute atomic E-state index is 13.0. The summed E-state index contributed by atoms with van der Waals surface area (Å²) in [5.74, 6) is 0.426. The Kier molecular flexibility index (Phi) is 3.62. The second-order valence-electron chi connectivity index (χ2n) is 5.33. The van der Waals surface area contributed by atoms with Crippen LogP contribution in [0.25, 0.3) is 5.65 Å². The van der Waals surface area contributed by atoms with Gasteiger partial charge in [0.15, 0.2) is 10.8 Å². The highest BCUT2D eigenvalue weighted by molar-refractivity contribution is 7.89. The number of hydrogen-bond donors (Lipinski definition) is 1. The molecule has 6 nitrogen and oxygen atoms in total. The monoisotopic (exact) mass is 308 g/mol. The molecule has 7 heteroatoms. The zero-order valence-electron chi connectivity index (χ0n) is 12.3. The molecule has 1 N–H and O–H groups in total. The largest absolute Gasteiger partial charge is 0.368 e. The van der Waals surface area contributed by atoms with Gasteiger partial charge in [0, 0.05) is 25.8 Å². The molecule has 114 valence electrons. The fourth-order valence-corrected chi connectivity index (χ4v) is 4.23. The van der Waals surface area contributed by atoms with E-state index in [4.69, 9.17) is 0 Å². The molecule has 1 aliphatic rings. The van der Waals surface area contributed by atoms with E-state index >= 15 is 0 Å². The van der Waals surface area contributed by atoms with Crippen molar-refractivity contribution in [2.75, 3.05) is 18.9 Å². The number of nitrogens with one attached hydrogen (secondary N) is 1. The van der Waals surface area contributed by atoms with Crippen LogP contribution < -0.4 is 5.32 Å². The average molecular weight is 308 g/mol. The van der Waals surface area contributed by atoms with Crippen molar-refractivity contribution in [3.63, 3.8) is 0 Å². The van der Waals surface area contributed by atoms with Crippen LogP contribution in [0.2, 0.25) is 0 Å². The van der Waals surface area contributed by atoms with Crippen LogP contribution in [0.3, 0.4) is 0 Å². The Labute approximate surface area is 124 Å². The Hall–Kier alpha value is -1.60. The third-order valence-electron chi connectivity index (χ3n) is 4.04. The number of hydrogen-bond acceptors (Lipinski definition) is 4. The van der Waals surface area contributed by atoms with Crippen LogP contribution in [0.1, 0.15) is 26.2 Å². The van der Waals surface area contributed by atoms with E-state index in [-0.39, 0.29) is 11.1 Å². The predicted octanol–water partition coefficient (Wildman–Crippen LogP) is 1.94. The fraction of sp³-hybridized carbons (Fsp3) is 0.500. The zero-order valence-corrected chi connectivity index (χ0v) is 13.1. The van der Waals surface area contributed by atoms with Crippen LogP contribution in [-0.4, -0.2) is 41.7 Å². The molecule has 21 heavy (non-hydrogen) atoms. The molecule has 2 aromatic heterocycles. The zero-order chi connectivity index (χ0) is 15.0. The highest BCUT2D eigenvalue weighted by atomic mass is 32.2. The van der Waals surface area contributed by atoms with Crippen LogP contribution in [0.5, 0.6) is 0 Å². The Morgan fingerprint density at radius 1 is 1.43 bits per heavy atom. The maximum Gasteiger partial charge on any atom is 0.262 e. The van der Waals surface area contributed by atoms with Crippen LogP contribution in [0, 0.1) is 0 Å². The minimum atomic E-state index is -3.56. The summed E-state index contributed by atoms with van der Waals surface area (Å²) >= 11 is 0. The van der Waals surface area contributed by atoms with Gasteiger partial charge in [0.25, 0.3) is 10.0 Å².